The van der Waals surface area contributed by atoms with Crippen LogP contribution >= 0.6 is 11.6 Å². The number of aromatic nitrogens is 4. The highest BCUT2D eigenvalue weighted by Crippen LogP contribution is 2.29. The van der Waals surface area contributed by atoms with Crippen molar-refractivity contribution < 1.29 is 9.26 Å². The number of benzene rings is 1. The Bertz CT molecular complexity index is 809. The average Bonchev–Trinajstić information content (AvgIpc) is 3.13. The molecule has 3 heterocycles. The van der Waals surface area contributed by atoms with Crippen LogP contribution in [-0.4, -0.2) is 19.9 Å². The molecule has 0 aliphatic carbocycles. The molecule has 1 aliphatic heterocycles. The number of fused-ring (bicyclic) bond motifs is 1. The molecular weight excluding hydrogens is 304 g/mol. The predicted molar refractivity (Wildman–Crippen MR) is 79.2 cm³/mol. The van der Waals surface area contributed by atoms with Gasteiger partial charge in [0.25, 0.3) is 5.89 Å². The van der Waals surface area contributed by atoms with Gasteiger partial charge in [-0.1, -0.05) is 28.9 Å². The number of ether oxygens (including phenoxy) is 1. The molecule has 3 aromatic rings. The molecular formula is C15H13ClN4O2. The third-order valence-electron chi connectivity index (χ3n) is 3.62. The fraction of sp³-hybridized carbons (Fsp3) is 0.267. The Morgan fingerprint density at radius 1 is 1.27 bits per heavy atom. The van der Waals surface area contributed by atoms with E-state index in [1.54, 1.807) is 6.92 Å². The molecule has 0 amide bonds. The van der Waals surface area contributed by atoms with E-state index in [0.717, 1.165) is 11.3 Å². The summed E-state index contributed by atoms with van der Waals surface area (Å²) in [5, 5.41) is 9.05. The van der Waals surface area contributed by atoms with Crippen LogP contribution in [0.15, 0.2) is 34.9 Å². The molecule has 0 fully saturated rings. The van der Waals surface area contributed by atoms with E-state index in [4.69, 9.17) is 20.9 Å². The van der Waals surface area contributed by atoms with E-state index in [-0.39, 0.29) is 6.10 Å². The van der Waals surface area contributed by atoms with Gasteiger partial charge in [-0.05, 0) is 30.7 Å². The lowest BCUT2D eigenvalue weighted by molar-refractivity contribution is -0.00112. The Morgan fingerprint density at radius 2 is 2.09 bits per heavy atom. The van der Waals surface area contributed by atoms with E-state index in [9.17, 15) is 0 Å². The summed E-state index contributed by atoms with van der Waals surface area (Å²) >= 11 is 5.92. The normalized spacial score (nSPS) is 17.5. The zero-order valence-electron chi connectivity index (χ0n) is 11.9. The summed E-state index contributed by atoms with van der Waals surface area (Å²) in [7, 11) is 0. The first kappa shape index (κ1) is 13.5. The first-order valence-electron chi connectivity index (χ1n) is 6.93. The second-order valence-electron chi connectivity index (χ2n) is 5.20. The summed E-state index contributed by atoms with van der Waals surface area (Å²) < 4.78 is 13.0. The standard InChI is InChI=1S/C15H13ClN4O2/c1-9-17-15(22-19-9)13-6-12-8-21-14(7-20(12)18-13)10-2-4-11(16)5-3-10/h2-6,14H,7-8H2,1H3/t14-/m1/s1. The van der Waals surface area contributed by atoms with Crippen molar-refractivity contribution >= 4 is 11.6 Å². The summed E-state index contributed by atoms with van der Waals surface area (Å²) in [5.41, 5.74) is 2.76. The molecule has 0 saturated heterocycles. The van der Waals surface area contributed by atoms with Crippen molar-refractivity contribution in [2.24, 2.45) is 0 Å². The van der Waals surface area contributed by atoms with Gasteiger partial charge < -0.3 is 9.26 Å². The van der Waals surface area contributed by atoms with E-state index >= 15 is 0 Å². The Kier molecular flexibility index (Phi) is 3.20. The summed E-state index contributed by atoms with van der Waals surface area (Å²) in [4.78, 5) is 4.20. The summed E-state index contributed by atoms with van der Waals surface area (Å²) in [6, 6.07) is 9.61. The minimum absolute atomic E-state index is 0.0399. The molecule has 0 saturated carbocycles. The van der Waals surface area contributed by atoms with Crippen LogP contribution in [0.3, 0.4) is 0 Å². The predicted octanol–water partition coefficient (Wildman–Crippen LogP) is 3.17. The second-order valence-corrected chi connectivity index (χ2v) is 5.64. The average molecular weight is 317 g/mol. The van der Waals surface area contributed by atoms with Gasteiger partial charge in [-0.25, -0.2) is 0 Å². The largest absolute Gasteiger partial charge is 0.365 e. The van der Waals surface area contributed by atoms with Crippen LogP contribution in [0.2, 0.25) is 5.02 Å². The SMILES string of the molecule is Cc1noc(-c2cc3n(n2)C[C@H](c2ccc(Cl)cc2)OC3)n1. The third kappa shape index (κ3) is 2.40. The molecule has 0 spiro atoms. The van der Waals surface area contributed by atoms with Crippen LogP contribution in [0.5, 0.6) is 0 Å². The number of aryl methyl sites for hydroxylation is 1. The van der Waals surface area contributed by atoms with Gasteiger partial charge >= 0.3 is 0 Å². The lowest BCUT2D eigenvalue weighted by atomic mass is 10.1. The van der Waals surface area contributed by atoms with Crippen LogP contribution < -0.4 is 0 Å². The van der Waals surface area contributed by atoms with Crippen molar-refractivity contribution in [3.05, 3.63) is 52.4 Å². The molecule has 1 aliphatic rings. The number of nitrogens with zero attached hydrogens (tertiary/aromatic N) is 4. The molecule has 0 unspecified atom stereocenters. The number of halogens is 1. The summed E-state index contributed by atoms with van der Waals surface area (Å²) in [6.07, 6.45) is -0.0399. The van der Waals surface area contributed by atoms with E-state index < -0.39 is 0 Å². The maximum Gasteiger partial charge on any atom is 0.278 e. The molecule has 1 atom stereocenters. The van der Waals surface area contributed by atoms with Crippen LogP contribution in [0.1, 0.15) is 23.2 Å². The van der Waals surface area contributed by atoms with Crippen molar-refractivity contribution in [3.63, 3.8) is 0 Å². The monoisotopic (exact) mass is 316 g/mol. The molecule has 0 N–H and O–H groups in total. The number of hydrogen-bond acceptors (Lipinski definition) is 5. The van der Waals surface area contributed by atoms with E-state index in [0.29, 0.717) is 35.6 Å². The van der Waals surface area contributed by atoms with Crippen LogP contribution in [0.4, 0.5) is 0 Å². The van der Waals surface area contributed by atoms with E-state index in [1.807, 2.05) is 35.0 Å². The van der Waals surface area contributed by atoms with Gasteiger partial charge in [-0.15, -0.1) is 0 Å². The van der Waals surface area contributed by atoms with E-state index in [1.165, 1.54) is 0 Å². The Hall–Kier alpha value is -2.18. The zero-order chi connectivity index (χ0) is 15.1. The molecule has 6 nitrogen and oxygen atoms in total. The van der Waals surface area contributed by atoms with Gasteiger partial charge in [0.1, 0.15) is 6.10 Å². The van der Waals surface area contributed by atoms with Gasteiger partial charge in [0.15, 0.2) is 11.5 Å². The molecule has 0 bridgehead atoms. The Morgan fingerprint density at radius 3 is 2.82 bits per heavy atom. The lowest BCUT2D eigenvalue weighted by Crippen LogP contribution is -2.21. The van der Waals surface area contributed by atoms with Gasteiger partial charge in [-0.2, -0.15) is 10.1 Å². The van der Waals surface area contributed by atoms with Crippen LogP contribution in [0.25, 0.3) is 11.6 Å². The van der Waals surface area contributed by atoms with Gasteiger partial charge in [0.05, 0.1) is 18.8 Å². The fourth-order valence-corrected chi connectivity index (χ4v) is 2.64. The molecule has 0 radical (unpaired) electrons. The minimum atomic E-state index is -0.0399. The number of hydrogen-bond donors (Lipinski definition) is 0. The number of rotatable bonds is 2. The Labute approximate surface area is 131 Å². The topological polar surface area (TPSA) is 66.0 Å². The van der Waals surface area contributed by atoms with Crippen molar-refractivity contribution in [2.75, 3.05) is 0 Å². The second kappa shape index (κ2) is 5.23. The summed E-state index contributed by atoms with van der Waals surface area (Å²) in [6.45, 7) is 2.92. The zero-order valence-corrected chi connectivity index (χ0v) is 12.6. The molecule has 1 aromatic carbocycles. The van der Waals surface area contributed by atoms with Gasteiger partial charge in [-0.3, -0.25) is 4.68 Å². The molecule has 112 valence electrons. The van der Waals surface area contributed by atoms with Crippen LogP contribution in [0, 0.1) is 6.92 Å². The first-order chi connectivity index (χ1) is 10.7. The van der Waals surface area contributed by atoms with Crippen molar-refractivity contribution in [1.82, 2.24) is 19.9 Å². The van der Waals surface area contributed by atoms with Crippen LogP contribution in [-0.2, 0) is 17.9 Å². The first-order valence-corrected chi connectivity index (χ1v) is 7.31. The smallest absolute Gasteiger partial charge is 0.278 e. The highest BCUT2D eigenvalue weighted by molar-refractivity contribution is 6.30. The van der Waals surface area contributed by atoms with Gasteiger partial charge in [0, 0.05) is 5.02 Å². The highest BCUT2D eigenvalue weighted by Gasteiger charge is 2.24. The van der Waals surface area contributed by atoms with Crippen molar-refractivity contribution in [1.29, 1.82) is 0 Å². The maximum atomic E-state index is 5.92. The molecule has 4 rings (SSSR count). The van der Waals surface area contributed by atoms with Crippen molar-refractivity contribution in [3.8, 4) is 11.6 Å². The van der Waals surface area contributed by atoms with E-state index in [2.05, 4.69) is 15.2 Å². The highest BCUT2D eigenvalue weighted by atomic mass is 35.5. The Balaban J connectivity index is 1.61. The third-order valence-corrected chi connectivity index (χ3v) is 3.87. The molecule has 7 heteroatoms. The minimum Gasteiger partial charge on any atom is -0.365 e. The maximum absolute atomic E-state index is 5.92. The summed E-state index contributed by atoms with van der Waals surface area (Å²) in [5.74, 6) is 1.03. The van der Waals surface area contributed by atoms with Crippen molar-refractivity contribution in [2.45, 2.75) is 26.2 Å². The quantitative estimate of drug-likeness (QED) is 0.726. The molecule has 2 aromatic heterocycles. The van der Waals surface area contributed by atoms with Gasteiger partial charge in [0.2, 0.25) is 0 Å². The molecule has 22 heavy (non-hydrogen) atoms. The fourth-order valence-electron chi connectivity index (χ4n) is 2.51. The lowest BCUT2D eigenvalue weighted by Gasteiger charge is -2.24.